The quantitative estimate of drug-likeness (QED) is 0.392. The molecule has 8 heteroatoms. The molecule has 1 aliphatic rings. The van der Waals surface area contributed by atoms with Crippen molar-refractivity contribution < 1.29 is 23.8 Å². The van der Waals surface area contributed by atoms with Crippen LogP contribution in [-0.2, 0) is 4.79 Å². The Bertz CT molecular complexity index is 1240. The van der Waals surface area contributed by atoms with Gasteiger partial charge in [0.25, 0.3) is 11.8 Å². The topological polar surface area (TPSA) is 98.2 Å². The smallest absolute Gasteiger partial charge is 0.262 e. The predicted octanol–water partition coefficient (Wildman–Crippen LogP) is 3.87. The summed E-state index contributed by atoms with van der Waals surface area (Å²) in [7, 11) is 0. The van der Waals surface area contributed by atoms with Crippen LogP contribution < -0.4 is 25.0 Å². The maximum Gasteiger partial charge on any atom is 0.262 e. The van der Waals surface area contributed by atoms with Gasteiger partial charge in [0.05, 0.1) is 12.8 Å². The predicted molar refractivity (Wildman–Crippen MR) is 130 cm³/mol. The number of nitrogens with one attached hydrogen (secondary N) is 2. The van der Waals surface area contributed by atoms with Crippen molar-refractivity contribution in [3.63, 3.8) is 0 Å². The molecular formula is C26H27N3O5. The first-order valence-corrected chi connectivity index (χ1v) is 11.2. The highest BCUT2D eigenvalue weighted by Crippen LogP contribution is 2.32. The Balaban J connectivity index is 1.45. The van der Waals surface area contributed by atoms with Crippen LogP contribution in [0.3, 0.4) is 0 Å². The number of hydrazone groups is 1. The summed E-state index contributed by atoms with van der Waals surface area (Å²) < 4.78 is 16.3. The first-order valence-electron chi connectivity index (χ1n) is 11.2. The lowest BCUT2D eigenvalue weighted by molar-refractivity contribution is -0.123. The van der Waals surface area contributed by atoms with Crippen molar-refractivity contribution >= 4 is 28.8 Å². The fraction of sp³-hybridized carbons (Fsp3) is 0.269. The number of nitrogens with zero attached hydrogens (tertiary/aromatic N) is 1. The lowest BCUT2D eigenvalue weighted by Gasteiger charge is -2.20. The molecule has 0 saturated heterocycles. The summed E-state index contributed by atoms with van der Waals surface area (Å²) in [4.78, 5) is 25.6. The molecule has 8 nitrogen and oxygen atoms in total. The van der Waals surface area contributed by atoms with Gasteiger partial charge < -0.3 is 19.5 Å². The second kappa shape index (κ2) is 10.2. The van der Waals surface area contributed by atoms with Crippen LogP contribution in [0.5, 0.6) is 17.2 Å². The van der Waals surface area contributed by atoms with Crippen LogP contribution in [-0.4, -0.2) is 37.5 Å². The summed E-state index contributed by atoms with van der Waals surface area (Å²) in [5.74, 6) is 0.949. The molecule has 1 heterocycles. The van der Waals surface area contributed by atoms with E-state index in [1.54, 1.807) is 24.4 Å². The molecule has 3 aromatic carbocycles. The van der Waals surface area contributed by atoms with Gasteiger partial charge >= 0.3 is 0 Å². The average molecular weight is 462 g/mol. The van der Waals surface area contributed by atoms with E-state index < -0.39 is 11.9 Å². The van der Waals surface area contributed by atoms with E-state index >= 15 is 0 Å². The molecule has 0 radical (unpaired) electrons. The Morgan fingerprint density at radius 2 is 1.82 bits per heavy atom. The SMILES string of the molecule is CCOc1ccc(C=NNC(=O)C(NC(=O)c2ccc3c(c2)OCO3)C(C)C)c2ccccc12. The summed E-state index contributed by atoms with van der Waals surface area (Å²) in [5.41, 5.74) is 3.77. The molecule has 2 amide bonds. The van der Waals surface area contributed by atoms with Crippen LogP contribution in [0.15, 0.2) is 59.7 Å². The number of carbonyl (C=O) groups is 2. The van der Waals surface area contributed by atoms with E-state index in [2.05, 4.69) is 15.8 Å². The molecule has 0 aliphatic carbocycles. The highest BCUT2D eigenvalue weighted by molar-refractivity contribution is 6.03. The van der Waals surface area contributed by atoms with Gasteiger partial charge in [0.2, 0.25) is 6.79 Å². The zero-order valence-corrected chi connectivity index (χ0v) is 19.3. The number of hydrogen-bond acceptors (Lipinski definition) is 6. The van der Waals surface area contributed by atoms with Crippen molar-refractivity contribution in [1.82, 2.24) is 10.7 Å². The third-order valence-corrected chi connectivity index (χ3v) is 5.47. The maximum atomic E-state index is 12.8. The third-order valence-electron chi connectivity index (χ3n) is 5.47. The third kappa shape index (κ3) is 4.96. The molecule has 3 aromatic rings. The number of rotatable bonds is 8. The fourth-order valence-corrected chi connectivity index (χ4v) is 3.72. The van der Waals surface area contributed by atoms with Crippen LogP contribution in [0.1, 0.15) is 36.7 Å². The first-order chi connectivity index (χ1) is 16.5. The molecule has 0 bridgehead atoms. The fourth-order valence-electron chi connectivity index (χ4n) is 3.72. The van der Waals surface area contributed by atoms with Crippen molar-refractivity contribution in [1.29, 1.82) is 0 Å². The van der Waals surface area contributed by atoms with Crippen molar-refractivity contribution in [3.05, 3.63) is 65.7 Å². The Labute approximate surface area is 197 Å². The Hall–Kier alpha value is -4.07. The van der Waals surface area contributed by atoms with Gasteiger partial charge in [-0.1, -0.05) is 38.1 Å². The molecule has 4 rings (SSSR count). The van der Waals surface area contributed by atoms with Gasteiger partial charge in [-0.05, 0) is 48.6 Å². The highest BCUT2D eigenvalue weighted by atomic mass is 16.7. The number of benzene rings is 3. The van der Waals surface area contributed by atoms with E-state index in [-0.39, 0.29) is 18.6 Å². The minimum absolute atomic E-state index is 0.124. The van der Waals surface area contributed by atoms with Crippen LogP contribution >= 0.6 is 0 Å². The van der Waals surface area contributed by atoms with E-state index in [0.717, 1.165) is 22.1 Å². The van der Waals surface area contributed by atoms with Gasteiger partial charge in [-0.3, -0.25) is 9.59 Å². The molecule has 1 unspecified atom stereocenters. The Morgan fingerprint density at radius 3 is 2.59 bits per heavy atom. The zero-order chi connectivity index (χ0) is 24.1. The zero-order valence-electron chi connectivity index (χ0n) is 19.3. The molecule has 1 aliphatic heterocycles. The van der Waals surface area contributed by atoms with Crippen LogP contribution in [0.2, 0.25) is 0 Å². The number of hydrogen-bond donors (Lipinski definition) is 2. The molecule has 1 atom stereocenters. The van der Waals surface area contributed by atoms with E-state index in [0.29, 0.717) is 23.7 Å². The van der Waals surface area contributed by atoms with Crippen LogP contribution in [0.25, 0.3) is 10.8 Å². The lowest BCUT2D eigenvalue weighted by atomic mass is 10.0. The average Bonchev–Trinajstić information content (AvgIpc) is 3.31. The maximum absolute atomic E-state index is 12.8. The minimum Gasteiger partial charge on any atom is -0.493 e. The summed E-state index contributed by atoms with van der Waals surface area (Å²) >= 11 is 0. The van der Waals surface area contributed by atoms with Crippen molar-refractivity contribution in [3.8, 4) is 17.2 Å². The minimum atomic E-state index is -0.771. The van der Waals surface area contributed by atoms with Gasteiger partial charge in [0.1, 0.15) is 11.8 Å². The standard InChI is InChI=1S/C26H27N3O5/c1-4-32-21-11-10-18(19-7-5-6-8-20(19)21)14-27-29-26(31)24(16(2)3)28-25(30)17-9-12-22-23(13-17)34-15-33-22/h5-14,16,24H,4,15H2,1-3H3,(H,28,30)(H,29,31). The molecule has 176 valence electrons. The van der Waals surface area contributed by atoms with Gasteiger partial charge in [0, 0.05) is 16.5 Å². The number of ether oxygens (including phenoxy) is 3. The molecule has 2 N–H and O–H groups in total. The second-order valence-electron chi connectivity index (χ2n) is 8.13. The molecule has 0 saturated carbocycles. The van der Waals surface area contributed by atoms with E-state index in [1.165, 1.54) is 0 Å². The molecule has 0 spiro atoms. The van der Waals surface area contributed by atoms with Gasteiger partial charge in [0.15, 0.2) is 11.5 Å². The summed E-state index contributed by atoms with van der Waals surface area (Å²) in [6, 6.07) is 15.8. The number of carbonyl (C=O) groups excluding carboxylic acids is 2. The van der Waals surface area contributed by atoms with Crippen molar-refractivity contribution in [2.24, 2.45) is 11.0 Å². The summed E-state index contributed by atoms with van der Waals surface area (Å²) in [5, 5.41) is 8.86. The van der Waals surface area contributed by atoms with E-state index in [9.17, 15) is 9.59 Å². The van der Waals surface area contributed by atoms with E-state index in [1.807, 2.05) is 57.2 Å². The van der Waals surface area contributed by atoms with Crippen molar-refractivity contribution in [2.45, 2.75) is 26.8 Å². The second-order valence-corrected chi connectivity index (χ2v) is 8.13. The van der Waals surface area contributed by atoms with E-state index in [4.69, 9.17) is 14.2 Å². The largest absolute Gasteiger partial charge is 0.493 e. The molecule has 0 aromatic heterocycles. The van der Waals surface area contributed by atoms with Crippen LogP contribution in [0.4, 0.5) is 0 Å². The van der Waals surface area contributed by atoms with Gasteiger partial charge in [-0.2, -0.15) is 5.10 Å². The van der Waals surface area contributed by atoms with Gasteiger partial charge in [-0.15, -0.1) is 0 Å². The molecule has 0 fully saturated rings. The number of amides is 2. The molecule has 34 heavy (non-hydrogen) atoms. The lowest BCUT2D eigenvalue weighted by Crippen LogP contribution is -2.48. The first kappa shape index (κ1) is 23.1. The Kier molecular flexibility index (Phi) is 6.96. The van der Waals surface area contributed by atoms with Gasteiger partial charge in [-0.25, -0.2) is 5.43 Å². The highest BCUT2D eigenvalue weighted by Gasteiger charge is 2.25. The monoisotopic (exact) mass is 461 g/mol. The Morgan fingerprint density at radius 1 is 1.06 bits per heavy atom. The molecular weight excluding hydrogens is 434 g/mol. The summed E-state index contributed by atoms with van der Waals surface area (Å²) in [6.45, 7) is 6.35. The number of fused-ring (bicyclic) bond motifs is 2. The normalized spacial score (nSPS) is 13.3. The summed E-state index contributed by atoms with van der Waals surface area (Å²) in [6.07, 6.45) is 1.59. The van der Waals surface area contributed by atoms with Crippen molar-refractivity contribution in [2.75, 3.05) is 13.4 Å². The van der Waals surface area contributed by atoms with Crippen LogP contribution in [0, 0.1) is 5.92 Å².